The lowest BCUT2D eigenvalue weighted by molar-refractivity contribution is 0.130. The Bertz CT molecular complexity index is 193. The smallest absolute Gasteiger partial charge is 0.413 e. The van der Waals surface area contributed by atoms with Crippen molar-refractivity contribution in [2.24, 2.45) is 0 Å². The van der Waals surface area contributed by atoms with Gasteiger partial charge in [-0.25, -0.2) is 4.57 Å². The van der Waals surface area contributed by atoms with Crippen molar-refractivity contribution in [1.29, 1.82) is 0 Å². The van der Waals surface area contributed by atoms with Crippen LogP contribution in [0.15, 0.2) is 12.8 Å². The fourth-order valence-corrected chi connectivity index (χ4v) is 2.15. The Morgan fingerprint density at radius 1 is 1.31 bits per heavy atom. The number of phosphoric ester groups is 1. The van der Waals surface area contributed by atoms with Crippen LogP contribution in [0.4, 0.5) is 0 Å². The van der Waals surface area contributed by atoms with Gasteiger partial charge in [-0.2, -0.15) is 0 Å². The second-order valence-corrected chi connectivity index (χ2v) is 4.77. The van der Waals surface area contributed by atoms with E-state index in [-0.39, 0.29) is 0 Å². The molecule has 2 unspecified atom stereocenters. The standard InChI is InChI=1S/C6H11Cl2O4P/c1-4-10-13(9,11-5(2)7)12-6(3)8/h4-6H,1H2,2-3H3. The molecular weight excluding hydrogens is 238 g/mol. The third-order valence-electron chi connectivity index (χ3n) is 0.752. The molecule has 0 aliphatic carbocycles. The first kappa shape index (κ1) is 13.3. The fourth-order valence-electron chi connectivity index (χ4n) is 0.522. The highest BCUT2D eigenvalue weighted by atomic mass is 35.5. The molecule has 0 saturated carbocycles. The summed E-state index contributed by atoms with van der Waals surface area (Å²) in [4.78, 5) is 0. The lowest BCUT2D eigenvalue weighted by Crippen LogP contribution is -2.05. The molecule has 13 heavy (non-hydrogen) atoms. The van der Waals surface area contributed by atoms with Crippen LogP contribution >= 0.6 is 31.0 Å². The second kappa shape index (κ2) is 5.89. The highest BCUT2D eigenvalue weighted by molar-refractivity contribution is 7.48. The lowest BCUT2D eigenvalue weighted by atomic mass is 10.9. The summed E-state index contributed by atoms with van der Waals surface area (Å²) in [5.74, 6) is 0. The molecule has 0 heterocycles. The van der Waals surface area contributed by atoms with E-state index in [1.54, 1.807) is 0 Å². The predicted molar refractivity (Wildman–Crippen MR) is 51.7 cm³/mol. The van der Waals surface area contributed by atoms with Gasteiger partial charge in [-0.15, -0.1) is 0 Å². The number of hydrogen-bond donors (Lipinski definition) is 0. The van der Waals surface area contributed by atoms with Gasteiger partial charge >= 0.3 is 7.82 Å². The van der Waals surface area contributed by atoms with E-state index in [4.69, 9.17) is 32.2 Å². The van der Waals surface area contributed by atoms with Gasteiger partial charge in [0.1, 0.15) is 11.1 Å². The van der Waals surface area contributed by atoms with Crippen LogP contribution in [0.2, 0.25) is 0 Å². The number of alkyl halides is 2. The molecule has 0 fully saturated rings. The first-order chi connectivity index (χ1) is 5.89. The quantitative estimate of drug-likeness (QED) is 0.410. The molecule has 0 rings (SSSR count). The van der Waals surface area contributed by atoms with E-state index in [0.29, 0.717) is 0 Å². The van der Waals surface area contributed by atoms with Crippen LogP contribution in [-0.4, -0.2) is 11.1 Å². The molecule has 0 aromatic heterocycles. The Hall–Kier alpha value is 0.270. The normalized spacial score (nSPS) is 20.0. The number of rotatable bonds is 6. The van der Waals surface area contributed by atoms with Crippen molar-refractivity contribution in [2.75, 3.05) is 0 Å². The van der Waals surface area contributed by atoms with Gasteiger partial charge < -0.3 is 4.52 Å². The molecule has 0 bridgehead atoms. The van der Waals surface area contributed by atoms with Crippen molar-refractivity contribution in [3.05, 3.63) is 12.8 Å². The van der Waals surface area contributed by atoms with Crippen LogP contribution in [0, 0.1) is 0 Å². The zero-order chi connectivity index (χ0) is 10.5. The summed E-state index contributed by atoms with van der Waals surface area (Å²) in [5, 5.41) is 0. The number of hydrogen-bond acceptors (Lipinski definition) is 4. The Labute approximate surface area is 87.4 Å². The average Bonchev–Trinajstić information content (AvgIpc) is 1.81. The SMILES string of the molecule is C=COP(=O)(OC(C)Cl)OC(C)Cl. The highest BCUT2D eigenvalue weighted by Gasteiger charge is 2.30. The van der Waals surface area contributed by atoms with Crippen LogP contribution in [0.25, 0.3) is 0 Å². The minimum Gasteiger partial charge on any atom is -0.413 e. The van der Waals surface area contributed by atoms with Crippen LogP contribution in [-0.2, 0) is 18.1 Å². The van der Waals surface area contributed by atoms with Crippen molar-refractivity contribution in [2.45, 2.75) is 25.0 Å². The molecule has 0 aromatic carbocycles. The number of phosphoric acid groups is 1. The first-order valence-corrected chi connectivity index (χ1v) is 5.77. The Balaban J connectivity index is 4.33. The maximum atomic E-state index is 11.5. The average molecular weight is 249 g/mol. The number of halogens is 2. The van der Waals surface area contributed by atoms with Gasteiger partial charge in [0.25, 0.3) is 0 Å². The van der Waals surface area contributed by atoms with Gasteiger partial charge in [0.15, 0.2) is 0 Å². The van der Waals surface area contributed by atoms with Crippen molar-refractivity contribution in [3.63, 3.8) is 0 Å². The minimum absolute atomic E-state index is 0.804. The second-order valence-electron chi connectivity index (χ2n) is 2.02. The summed E-state index contributed by atoms with van der Waals surface area (Å²) < 4.78 is 25.5. The monoisotopic (exact) mass is 248 g/mol. The van der Waals surface area contributed by atoms with Crippen LogP contribution in [0.5, 0.6) is 0 Å². The van der Waals surface area contributed by atoms with Gasteiger partial charge in [0.2, 0.25) is 0 Å². The Morgan fingerprint density at radius 3 is 1.92 bits per heavy atom. The van der Waals surface area contributed by atoms with Crippen molar-refractivity contribution in [3.8, 4) is 0 Å². The predicted octanol–water partition coefficient (Wildman–Crippen LogP) is 3.46. The summed E-state index contributed by atoms with van der Waals surface area (Å²) in [5.41, 5.74) is -1.61. The topological polar surface area (TPSA) is 44.8 Å². The van der Waals surface area contributed by atoms with E-state index in [0.717, 1.165) is 6.26 Å². The maximum absolute atomic E-state index is 11.5. The fraction of sp³-hybridized carbons (Fsp3) is 0.667. The van der Waals surface area contributed by atoms with Crippen molar-refractivity contribution < 1.29 is 18.1 Å². The van der Waals surface area contributed by atoms with E-state index < -0.39 is 18.9 Å². The largest absolute Gasteiger partial charge is 0.532 e. The molecular formula is C6H11Cl2O4P. The van der Waals surface area contributed by atoms with Crippen LogP contribution < -0.4 is 0 Å². The lowest BCUT2D eigenvalue weighted by Gasteiger charge is -2.18. The van der Waals surface area contributed by atoms with Gasteiger partial charge in [-0.1, -0.05) is 29.8 Å². The molecule has 0 radical (unpaired) electrons. The third-order valence-corrected chi connectivity index (χ3v) is 2.74. The summed E-state index contributed by atoms with van der Waals surface area (Å²) in [6, 6.07) is 0. The Kier molecular flexibility index (Phi) is 6.01. The molecule has 0 aliphatic heterocycles. The minimum atomic E-state index is -3.71. The molecule has 78 valence electrons. The molecule has 0 saturated heterocycles. The van der Waals surface area contributed by atoms with E-state index in [1.807, 2.05) is 0 Å². The highest BCUT2D eigenvalue weighted by Crippen LogP contribution is 2.52. The van der Waals surface area contributed by atoms with Crippen molar-refractivity contribution >= 4 is 31.0 Å². The van der Waals surface area contributed by atoms with Gasteiger partial charge in [-0.05, 0) is 13.8 Å². The molecule has 0 aromatic rings. The Morgan fingerprint density at radius 2 is 1.69 bits per heavy atom. The maximum Gasteiger partial charge on any atom is 0.532 e. The van der Waals surface area contributed by atoms with Gasteiger partial charge in [0.05, 0.1) is 6.26 Å². The summed E-state index contributed by atoms with van der Waals surface area (Å²) >= 11 is 10.9. The van der Waals surface area contributed by atoms with E-state index in [1.165, 1.54) is 13.8 Å². The van der Waals surface area contributed by atoms with E-state index in [2.05, 4.69) is 11.1 Å². The van der Waals surface area contributed by atoms with Gasteiger partial charge in [-0.3, -0.25) is 9.05 Å². The van der Waals surface area contributed by atoms with Crippen LogP contribution in [0.1, 0.15) is 13.8 Å². The molecule has 2 atom stereocenters. The van der Waals surface area contributed by atoms with E-state index >= 15 is 0 Å². The van der Waals surface area contributed by atoms with Gasteiger partial charge in [0, 0.05) is 0 Å². The zero-order valence-corrected chi connectivity index (χ0v) is 9.68. The third kappa shape index (κ3) is 6.36. The molecule has 0 amide bonds. The molecule has 4 nitrogen and oxygen atoms in total. The summed E-state index contributed by atoms with van der Waals surface area (Å²) in [6.45, 7) is 6.17. The molecule has 7 heteroatoms. The zero-order valence-electron chi connectivity index (χ0n) is 7.28. The molecule has 0 aliphatic rings. The van der Waals surface area contributed by atoms with Crippen LogP contribution in [0.3, 0.4) is 0 Å². The molecule has 0 N–H and O–H groups in total. The summed E-state index contributed by atoms with van der Waals surface area (Å²) in [6.07, 6.45) is 0.944. The summed E-state index contributed by atoms with van der Waals surface area (Å²) in [7, 11) is -3.71. The van der Waals surface area contributed by atoms with E-state index in [9.17, 15) is 4.57 Å². The first-order valence-electron chi connectivity index (χ1n) is 3.44. The molecule has 0 spiro atoms. The van der Waals surface area contributed by atoms with Crippen molar-refractivity contribution in [1.82, 2.24) is 0 Å².